The smallest absolute Gasteiger partial charge is 0.127 e. The molecule has 1 fully saturated rings. The number of benzene rings is 1. The molecule has 2 aromatic rings. The molecule has 0 atom stereocenters. The molecule has 1 N–H and O–H groups in total. The van der Waals surface area contributed by atoms with Crippen LogP contribution >= 0.6 is 0 Å². The van der Waals surface area contributed by atoms with Crippen LogP contribution in [0.4, 0.5) is 0 Å². The minimum Gasteiger partial charge on any atom is -0.496 e. The van der Waals surface area contributed by atoms with Gasteiger partial charge in [-0.1, -0.05) is 0 Å². The Morgan fingerprint density at radius 3 is 2.94 bits per heavy atom. The number of aromatic nitrogens is 2. The third-order valence-corrected chi connectivity index (χ3v) is 3.16. The number of hydrogen-bond acceptors (Lipinski definition) is 3. The molecule has 4 nitrogen and oxygen atoms in total. The van der Waals surface area contributed by atoms with Crippen molar-refractivity contribution >= 4 is 0 Å². The monoisotopic (exact) mass is 244 g/mol. The molecule has 1 aromatic carbocycles. The summed E-state index contributed by atoms with van der Waals surface area (Å²) < 4.78 is 11.1. The summed E-state index contributed by atoms with van der Waals surface area (Å²) >= 11 is 0. The van der Waals surface area contributed by atoms with Crippen LogP contribution in [-0.2, 0) is 0 Å². The van der Waals surface area contributed by atoms with E-state index in [4.69, 9.17) is 9.47 Å². The van der Waals surface area contributed by atoms with Gasteiger partial charge in [-0.05, 0) is 37.0 Å². The predicted octanol–water partition coefficient (Wildman–Crippen LogP) is 2.87. The third kappa shape index (κ3) is 2.32. The van der Waals surface area contributed by atoms with Gasteiger partial charge in [0, 0.05) is 17.3 Å². The van der Waals surface area contributed by atoms with Crippen LogP contribution in [0.25, 0.3) is 11.1 Å². The second-order valence-corrected chi connectivity index (χ2v) is 4.60. The Morgan fingerprint density at radius 2 is 2.28 bits per heavy atom. The number of hydrogen-bond donors (Lipinski definition) is 1. The van der Waals surface area contributed by atoms with Gasteiger partial charge in [-0.3, -0.25) is 5.10 Å². The molecular formula is C14H16N2O2. The summed E-state index contributed by atoms with van der Waals surface area (Å²) in [6.07, 6.45) is 6.22. The standard InChI is InChI=1S/C14H16N2O2/c1-17-14-5-4-12(18-9-10-2-3-10)6-13(14)11-7-15-16-8-11/h4-8,10H,2-3,9H2,1H3,(H,15,16). The van der Waals surface area contributed by atoms with Crippen molar-refractivity contribution in [3.63, 3.8) is 0 Å². The van der Waals surface area contributed by atoms with E-state index in [0.717, 1.165) is 35.2 Å². The second kappa shape index (κ2) is 4.72. The van der Waals surface area contributed by atoms with Crippen molar-refractivity contribution in [1.29, 1.82) is 0 Å². The Bertz CT molecular complexity index is 519. The van der Waals surface area contributed by atoms with Gasteiger partial charge >= 0.3 is 0 Å². The van der Waals surface area contributed by atoms with Crippen LogP contribution in [0.15, 0.2) is 30.6 Å². The van der Waals surface area contributed by atoms with Gasteiger partial charge in [-0.25, -0.2) is 0 Å². The Balaban J connectivity index is 1.86. The molecule has 0 amide bonds. The highest BCUT2D eigenvalue weighted by Gasteiger charge is 2.22. The summed E-state index contributed by atoms with van der Waals surface area (Å²) in [7, 11) is 1.67. The maximum Gasteiger partial charge on any atom is 0.127 e. The zero-order valence-corrected chi connectivity index (χ0v) is 10.3. The van der Waals surface area contributed by atoms with Gasteiger partial charge in [0.2, 0.25) is 0 Å². The van der Waals surface area contributed by atoms with Crippen LogP contribution in [0.1, 0.15) is 12.8 Å². The number of aromatic amines is 1. The van der Waals surface area contributed by atoms with E-state index in [0.29, 0.717) is 0 Å². The van der Waals surface area contributed by atoms with Gasteiger partial charge in [0.05, 0.1) is 19.9 Å². The van der Waals surface area contributed by atoms with Gasteiger partial charge in [0.1, 0.15) is 11.5 Å². The fraction of sp³-hybridized carbons (Fsp3) is 0.357. The maximum absolute atomic E-state index is 5.78. The van der Waals surface area contributed by atoms with Gasteiger partial charge in [0.15, 0.2) is 0 Å². The molecule has 0 saturated heterocycles. The quantitative estimate of drug-likeness (QED) is 0.879. The molecule has 0 spiro atoms. The molecule has 94 valence electrons. The van der Waals surface area contributed by atoms with Gasteiger partial charge < -0.3 is 9.47 Å². The number of methoxy groups -OCH3 is 1. The highest BCUT2D eigenvalue weighted by molar-refractivity contribution is 5.70. The Kier molecular flexibility index (Phi) is 2.92. The molecule has 0 aliphatic heterocycles. The average molecular weight is 244 g/mol. The summed E-state index contributed by atoms with van der Waals surface area (Å²) in [5, 5.41) is 6.78. The van der Waals surface area contributed by atoms with E-state index in [2.05, 4.69) is 10.2 Å². The fourth-order valence-corrected chi connectivity index (χ4v) is 1.90. The third-order valence-electron chi connectivity index (χ3n) is 3.16. The van der Waals surface area contributed by atoms with Crippen molar-refractivity contribution in [3.8, 4) is 22.6 Å². The molecule has 1 saturated carbocycles. The number of ether oxygens (including phenoxy) is 2. The molecule has 1 aliphatic carbocycles. The molecule has 1 heterocycles. The van der Waals surface area contributed by atoms with Crippen molar-refractivity contribution in [2.75, 3.05) is 13.7 Å². The van der Waals surface area contributed by atoms with E-state index in [-0.39, 0.29) is 0 Å². The van der Waals surface area contributed by atoms with E-state index >= 15 is 0 Å². The largest absolute Gasteiger partial charge is 0.496 e. The predicted molar refractivity (Wildman–Crippen MR) is 68.8 cm³/mol. The summed E-state index contributed by atoms with van der Waals surface area (Å²) in [4.78, 5) is 0. The van der Waals surface area contributed by atoms with Gasteiger partial charge in [-0.2, -0.15) is 5.10 Å². The molecule has 0 unspecified atom stereocenters. The lowest BCUT2D eigenvalue weighted by Crippen LogP contribution is -1.99. The van der Waals surface area contributed by atoms with E-state index in [1.54, 1.807) is 13.3 Å². The number of H-pyrrole nitrogens is 1. The molecule has 0 bridgehead atoms. The molecule has 18 heavy (non-hydrogen) atoms. The highest BCUT2D eigenvalue weighted by atomic mass is 16.5. The molecule has 1 aromatic heterocycles. The van der Waals surface area contributed by atoms with Crippen LogP contribution in [0.3, 0.4) is 0 Å². The van der Waals surface area contributed by atoms with Crippen LogP contribution in [0.2, 0.25) is 0 Å². The number of rotatable bonds is 5. The van der Waals surface area contributed by atoms with Crippen molar-refractivity contribution in [2.45, 2.75) is 12.8 Å². The van der Waals surface area contributed by atoms with Crippen molar-refractivity contribution in [3.05, 3.63) is 30.6 Å². The second-order valence-electron chi connectivity index (χ2n) is 4.60. The zero-order valence-electron chi connectivity index (χ0n) is 10.3. The minimum atomic E-state index is 0.754. The number of nitrogens with zero attached hydrogens (tertiary/aromatic N) is 1. The first kappa shape index (κ1) is 11.1. The highest BCUT2D eigenvalue weighted by Crippen LogP contribution is 2.34. The normalized spacial score (nSPS) is 14.5. The van der Waals surface area contributed by atoms with E-state index in [9.17, 15) is 0 Å². The topological polar surface area (TPSA) is 47.1 Å². The van der Waals surface area contributed by atoms with Gasteiger partial charge in [0.25, 0.3) is 0 Å². The summed E-state index contributed by atoms with van der Waals surface area (Å²) in [6, 6.07) is 5.89. The lowest BCUT2D eigenvalue weighted by molar-refractivity contribution is 0.299. The van der Waals surface area contributed by atoms with Crippen molar-refractivity contribution < 1.29 is 9.47 Å². The minimum absolute atomic E-state index is 0.754. The molecule has 0 radical (unpaired) electrons. The maximum atomic E-state index is 5.78. The summed E-state index contributed by atoms with van der Waals surface area (Å²) in [5.74, 6) is 2.47. The summed E-state index contributed by atoms with van der Waals surface area (Å²) in [6.45, 7) is 0.817. The van der Waals surface area contributed by atoms with Crippen molar-refractivity contribution in [2.24, 2.45) is 5.92 Å². The van der Waals surface area contributed by atoms with Crippen molar-refractivity contribution in [1.82, 2.24) is 10.2 Å². The lowest BCUT2D eigenvalue weighted by Gasteiger charge is -2.10. The Hall–Kier alpha value is -1.97. The average Bonchev–Trinajstić information content (AvgIpc) is 3.08. The Labute approximate surface area is 106 Å². The van der Waals surface area contributed by atoms with E-state index in [1.165, 1.54) is 12.8 Å². The lowest BCUT2D eigenvalue weighted by atomic mass is 10.1. The Morgan fingerprint density at radius 1 is 1.39 bits per heavy atom. The SMILES string of the molecule is COc1ccc(OCC2CC2)cc1-c1cn[nH]c1. The first-order chi connectivity index (χ1) is 8.86. The van der Waals surface area contributed by atoms with E-state index < -0.39 is 0 Å². The summed E-state index contributed by atoms with van der Waals surface area (Å²) in [5.41, 5.74) is 2.00. The molecule has 1 aliphatic rings. The van der Waals surface area contributed by atoms with Crippen LogP contribution in [0.5, 0.6) is 11.5 Å². The molecular weight excluding hydrogens is 228 g/mol. The number of nitrogens with one attached hydrogen (secondary N) is 1. The molecule has 4 heteroatoms. The molecule has 3 rings (SSSR count). The van der Waals surface area contributed by atoms with Gasteiger partial charge in [-0.15, -0.1) is 0 Å². The van der Waals surface area contributed by atoms with Crippen LogP contribution < -0.4 is 9.47 Å². The first-order valence-electron chi connectivity index (χ1n) is 6.17. The first-order valence-corrected chi connectivity index (χ1v) is 6.17. The van der Waals surface area contributed by atoms with Crippen LogP contribution in [-0.4, -0.2) is 23.9 Å². The zero-order chi connectivity index (χ0) is 12.4. The van der Waals surface area contributed by atoms with E-state index in [1.807, 2.05) is 24.4 Å². The fourth-order valence-electron chi connectivity index (χ4n) is 1.90. The van der Waals surface area contributed by atoms with Crippen LogP contribution in [0, 0.1) is 5.92 Å².